The molecule has 0 bridgehead atoms. The van der Waals surface area contributed by atoms with Crippen molar-refractivity contribution in [3.8, 4) is 17.1 Å². The molecule has 3 rings (SSSR count). The Morgan fingerprint density at radius 3 is 2.50 bits per heavy atom. The smallest absolute Gasteiger partial charge is 0.357 e. The summed E-state index contributed by atoms with van der Waals surface area (Å²) in [5, 5.41) is 3.36. The second-order valence-corrected chi connectivity index (χ2v) is 7.54. The molecule has 8 heteroatoms. The fraction of sp³-hybridized carbons (Fsp3) is 0.208. The number of benzene rings is 2. The number of nitrogens with one attached hydrogen (secondary N) is 1. The summed E-state index contributed by atoms with van der Waals surface area (Å²) in [6, 6.07) is 12.6. The van der Waals surface area contributed by atoms with Gasteiger partial charge in [-0.1, -0.05) is 54.1 Å². The van der Waals surface area contributed by atoms with Gasteiger partial charge >= 0.3 is 5.97 Å². The van der Waals surface area contributed by atoms with Gasteiger partial charge in [0.1, 0.15) is 5.82 Å². The van der Waals surface area contributed by atoms with Crippen molar-refractivity contribution in [2.45, 2.75) is 19.9 Å². The predicted octanol–water partition coefficient (Wildman–Crippen LogP) is 5.46. The molecule has 1 N–H and O–H groups in total. The summed E-state index contributed by atoms with van der Waals surface area (Å²) in [4.78, 5) is 21.5. The first kappa shape index (κ1) is 23.2. The van der Waals surface area contributed by atoms with Crippen molar-refractivity contribution in [3.63, 3.8) is 0 Å². The van der Waals surface area contributed by atoms with Gasteiger partial charge in [-0.05, 0) is 31.0 Å². The Bertz CT molecular complexity index is 1150. The Morgan fingerprint density at radius 2 is 1.88 bits per heavy atom. The molecule has 0 atom stereocenters. The number of carbonyl (C=O) groups is 1. The summed E-state index contributed by atoms with van der Waals surface area (Å²) >= 11 is 6.02. The summed E-state index contributed by atoms with van der Waals surface area (Å²) in [5.41, 5.74) is 2.40. The normalized spacial score (nSPS) is 10.5. The van der Waals surface area contributed by atoms with Crippen molar-refractivity contribution >= 4 is 23.4 Å². The van der Waals surface area contributed by atoms with E-state index in [0.717, 1.165) is 11.1 Å². The lowest BCUT2D eigenvalue weighted by molar-refractivity contribution is 0.0593. The Labute approximate surface area is 191 Å². The quantitative estimate of drug-likeness (QED) is 0.359. The maximum Gasteiger partial charge on any atom is 0.357 e. The highest BCUT2D eigenvalue weighted by atomic mass is 35.5. The number of esters is 1. The average molecular weight is 456 g/mol. The fourth-order valence-corrected chi connectivity index (χ4v) is 3.38. The number of anilines is 1. The highest BCUT2D eigenvalue weighted by Gasteiger charge is 2.24. The third-order valence-corrected chi connectivity index (χ3v) is 4.96. The molecule has 1 heterocycles. The lowest BCUT2D eigenvalue weighted by Crippen LogP contribution is -2.16. The van der Waals surface area contributed by atoms with Gasteiger partial charge in [0, 0.05) is 12.1 Å². The van der Waals surface area contributed by atoms with E-state index in [-0.39, 0.29) is 27.9 Å². The van der Waals surface area contributed by atoms with Gasteiger partial charge in [0.05, 0.1) is 24.8 Å². The van der Waals surface area contributed by atoms with Crippen LogP contribution in [0.5, 0.6) is 5.75 Å². The molecule has 0 radical (unpaired) electrons. The minimum atomic E-state index is -0.725. The number of methoxy groups -OCH3 is 2. The van der Waals surface area contributed by atoms with Crippen LogP contribution in [0.2, 0.25) is 5.02 Å². The van der Waals surface area contributed by atoms with Gasteiger partial charge in [-0.3, -0.25) is 0 Å². The summed E-state index contributed by atoms with van der Waals surface area (Å²) in [6.45, 7) is 6.21. The average Bonchev–Trinajstić information content (AvgIpc) is 2.78. The van der Waals surface area contributed by atoms with Gasteiger partial charge in [0.15, 0.2) is 23.1 Å². The zero-order chi connectivity index (χ0) is 23.3. The predicted molar refractivity (Wildman–Crippen MR) is 123 cm³/mol. The molecule has 0 saturated heterocycles. The molecule has 166 valence electrons. The van der Waals surface area contributed by atoms with Gasteiger partial charge in [-0.25, -0.2) is 19.2 Å². The van der Waals surface area contributed by atoms with E-state index in [1.807, 2.05) is 37.3 Å². The van der Waals surface area contributed by atoms with E-state index < -0.39 is 11.8 Å². The molecule has 0 spiro atoms. The SMILES string of the molecule is C=C(C)Cc1c(NCc2ccccc2)nc(-c2ccc(Cl)c(OC)c2F)nc1C(=O)OC. The van der Waals surface area contributed by atoms with Crippen LogP contribution in [-0.2, 0) is 17.7 Å². The molecular formula is C24H23ClFN3O3. The van der Waals surface area contributed by atoms with Crippen LogP contribution in [-0.4, -0.2) is 30.2 Å². The lowest BCUT2D eigenvalue weighted by Gasteiger charge is -2.17. The molecule has 6 nitrogen and oxygen atoms in total. The lowest BCUT2D eigenvalue weighted by atomic mass is 10.0. The second kappa shape index (κ2) is 10.2. The first-order valence-corrected chi connectivity index (χ1v) is 10.2. The summed E-state index contributed by atoms with van der Waals surface area (Å²) in [7, 11) is 2.58. The fourth-order valence-electron chi connectivity index (χ4n) is 3.16. The molecule has 0 saturated carbocycles. The van der Waals surface area contributed by atoms with Gasteiger partial charge in [-0.15, -0.1) is 0 Å². The van der Waals surface area contributed by atoms with Crippen LogP contribution in [0, 0.1) is 5.82 Å². The van der Waals surface area contributed by atoms with Crippen molar-refractivity contribution in [2.24, 2.45) is 0 Å². The molecule has 1 aromatic heterocycles. The number of rotatable bonds is 8. The molecule has 0 fully saturated rings. The van der Waals surface area contributed by atoms with Crippen molar-refractivity contribution in [1.29, 1.82) is 0 Å². The van der Waals surface area contributed by atoms with E-state index in [1.165, 1.54) is 26.4 Å². The van der Waals surface area contributed by atoms with E-state index >= 15 is 4.39 Å². The minimum absolute atomic E-state index is 0.00102. The van der Waals surface area contributed by atoms with Crippen LogP contribution in [0.3, 0.4) is 0 Å². The second-order valence-electron chi connectivity index (χ2n) is 7.13. The largest absolute Gasteiger partial charge is 0.492 e. The van der Waals surface area contributed by atoms with Crippen LogP contribution in [0.15, 0.2) is 54.6 Å². The van der Waals surface area contributed by atoms with Gasteiger partial charge in [0.2, 0.25) is 0 Å². The van der Waals surface area contributed by atoms with E-state index in [0.29, 0.717) is 24.3 Å². The standard InChI is InChI=1S/C24H23ClFN3O3/c1-14(2)12-17-20(24(30)32-4)28-23(16-10-11-18(25)21(31-3)19(16)26)29-22(17)27-13-15-8-6-5-7-9-15/h5-11H,1,12-13H2,2-4H3,(H,27,28,29). The van der Waals surface area contributed by atoms with Crippen LogP contribution in [0.4, 0.5) is 10.2 Å². The maximum absolute atomic E-state index is 15.1. The number of hydrogen-bond donors (Lipinski definition) is 1. The van der Waals surface area contributed by atoms with Gasteiger partial charge in [0.25, 0.3) is 0 Å². The van der Waals surface area contributed by atoms with Crippen molar-refractivity contribution in [2.75, 3.05) is 19.5 Å². The topological polar surface area (TPSA) is 73.3 Å². The summed E-state index contributed by atoms with van der Waals surface area (Å²) < 4.78 is 25.1. The van der Waals surface area contributed by atoms with E-state index in [4.69, 9.17) is 21.1 Å². The molecule has 2 aromatic carbocycles. The Hall–Kier alpha value is -3.45. The number of aromatic nitrogens is 2. The first-order valence-electron chi connectivity index (χ1n) is 9.79. The molecule has 0 amide bonds. The summed E-state index contributed by atoms with van der Waals surface area (Å²) in [5.74, 6) is -1.13. The number of ether oxygens (including phenoxy) is 2. The molecule has 0 unspecified atom stereocenters. The number of carbonyl (C=O) groups excluding carboxylic acids is 1. The zero-order valence-corrected chi connectivity index (χ0v) is 18.8. The summed E-state index contributed by atoms with van der Waals surface area (Å²) in [6.07, 6.45) is 0.342. The number of hydrogen-bond acceptors (Lipinski definition) is 6. The Morgan fingerprint density at radius 1 is 1.16 bits per heavy atom. The number of nitrogens with zero attached hydrogens (tertiary/aromatic N) is 2. The van der Waals surface area contributed by atoms with Crippen LogP contribution < -0.4 is 10.1 Å². The first-order chi connectivity index (χ1) is 15.3. The molecule has 32 heavy (non-hydrogen) atoms. The third kappa shape index (κ3) is 5.06. The Balaban J connectivity index is 2.18. The number of halogens is 2. The highest BCUT2D eigenvalue weighted by Crippen LogP contribution is 2.35. The van der Waals surface area contributed by atoms with Crippen molar-refractivity contribution in [3.05, 3.63) is 82.3 Å². The molecule has 0 aliphatic heterocycles. The van der Waals surface area contributed by atoms with E-state index in [1.54, 1.807) is 0 Å². The minimum Gasteiger partial charge on any atom is -0.492 e. The van der Waals surface area contributed by atoms with Crippen LogP contribution in [0.25, 0.3) is 11.4 Å². The number of allylic oxidation sites excluding steroid dienone is 1. The van der Waals surface area contributed by atoms with E-state index in [9.17, 15) is 4.79 Å². The molecular weight excluding hydrogens is 433 g/mol. The van der Waals surface area contributed by atoms with Crippen molar-refractivity contribution < 1.29 is 18.7 Å². The molecule has 0 aliphatic rings. The zero-order valence-electron chi connectivity index (χ0n) is 18.0. The van der Waals surface area contributed by atoms with Crippen LogP contribution >= 0.6 is 11.6 Å². The molecule has 0 aliphatic carbocycles. The van der Waals surface area contributed by atoms with Gasteiger partial charge in [-0.2, -0.15) is 0 Å². The Kier molecular flexibility index (Phi) is 7.43. The van der Waals surface area contributed by atoms with E-state index in [2.05, 4.69) is 21.9 Å². The maximum atomic E-state index is 15.1. The van der Waals surface area contributed by atoms with Crippen LogP contribution in [0.1, 0.15) is 28.5 Å². The monoisotopic (exact) mass is 455 g/mol. The van der Waals surface area contributed by atoms with Crippen molar-refractivity contribution in [1.82, 2.24) is 9.97 Å². The third-order valence-electron chi connectivity index (χ3n) is 4.66. The van der Waals surface area contributed by atoms with Gasteiger partial charge < -0.3 is 14.8 Å². The molecule has 3 aromatic rings. The highest BCUT2D eigenvalue weighted by molar-refractivity contribution is 6.32.